The average Bonchev–Trinajstić information content (AvgIpc) is 2.69. The zero-order chi connectivity index (χ0) is 13.8. The summed E-state index contributed by atoms with van der Waals surface area (Å²) in [5.74, 6) is 0. The van der Waals surface area contributed by atoms with Gasteiger partial charge >= 0.3 is 0 Å². The van der Waals surface area contributed by atoms with Crippen LogP contribution in [0, 0.1) is 17.4 Å². The van der Waals surface area contributed by atoms with E-state index < -0.39 is 0 Å². The van der Waals surface area contributed by atoms with E-state index in [1.165, 1.54) is 24.5 Å². The van der Waals surface area contributed by atoms with Gasteiger partial charge in [0.25, 0.3) is 0 Å². The Kier molecular flexibility index (Phi) is 5.42. The Labute approximate surface area is 133 Å². The molecule has 0 aliphatic rings. The Morgan fingerprint density at radius 3 is 2.63 bits per heavy atom. The smallest absolute Gasteiger partial charge is 0.0674 e. The van der Waals surface area contributed by atoms with Crippen molar-refractivity contribution in [3.8, 4) is 0 Å². The van der Waals surface area contributed by atoms with Crippen molar-refractivity contribution >= 4 is 33.9 Å². The maximum atomic E-state index is 3.69. The number of nitrogens with one attached hydrogen (secondary N) is 1. The van der Waals surface area contributed by atoms with Gasteiger partial charge in [-0.2, -0.15) is 0 Å². The van der Waals surface area contributed by atoms with E-state index in [4.69, 9.17) is 0 Å². The Hall–Kier alpha value is -0.390. The van der Waals surface area contributed by atoms with Crippen LogP contribution >= 0.6 is 33.9 Å². The lowest BCUT2D eigenvalue weighted by atomic mass is 10.0. The molecule has 0 bridgehead atoms. The van der Waals surface area contributed by atoms with E-state index in [1.807, 2.05) is 11.3 Å². The molecule has 1 atom stereocenters. The lowest BCUT2D eigenvalue weighted by molar-refractivity contribution is 0.604. The van der Waals surface area contributed by atoms with Gasteiger partial charge in [-0.05, 0) is 78.7 Å². The summed E-state index contributed by atoms with van der Waals surface area (Å²) in [5, 5.41) is 3.69. The SMILES string of the molecule is CCCNC(c1cccc(I)c1)c1sc(C)cc1C. The average molecular weight is 385 g/mol. The van der Waals surface area contributed by atoms with Gasteiger partial charge in [-0.15, -0.1) is 11.3 Å². The summed E-state index contributed by atoms with van der Waals surface area (Å²) in [6.45, 7) is 7.66. The quantitative estimate of drug-likeness (QED) is 0.710. The number of aryl methyl sites for hydroxylation is 2. The van der Waals surface area contributed by atoms with Crippen LogP contribution in [0.15, 0.2) is 30.3 Å². The van der Waals surface area contributed by atoms with E-state index in [0.29, 0.717) is 6.04 Å². The first kappa shape index (κ1) is 15.0. The maximum absolute atomic E-state index is 3.69. The monoisotopic (exact) mass is 385 g/mol. The summed E-state index contributed by atoms with van der Waals surface area (Å²) in [5.41, 5.74) is 2.76. The van der Waals surface area contributed by atoms with Gasteiger partial charge in [0.2, 0.25) is 0 Å². The van der Waals surface area contributed by atoms with Crippen molar-refractivity contribution < 1.29 is 0 Å². The van der Waals surface area contributed by atoms with Crippen LogP contribution in [0.5, 0.6) is 0 Å². The largest absolute Gasteiger partial charge is 0.306 e. The molecule has 19 heavy (non-hydrogen) atoms. The fourth-order valence-corrected chi connectivity index (χ4v) is 3.99. The summed E-state index contributed by atoms with van der Waals surface area (Å²) < 4.78 is 1.30. The zero-order valence-corrected chi connectivity index (χ0v) is 14.6. The Morgan fingerprint density at radius 2 is 2.05 bits per heavy atom. The van der Waals surface area contributed by atoms with Gasteiger partial charge in [-0.25, -0.2) is 0 Å². The molecule has 3 heteroatoms. The molecule has 1 aromatic carbocycles. The molecular weight excluding hydrogens is 365 g/mol. The van der Waals surface area contributed by atoms with E-state index in [0.717, 1.165) is 13.0 Å². The molecule has 0 spiro atoms. The van der Waals surface area contributed by atoms with Crippen LogP contribution in [0.3, 0.4) is 0 Å². The fourth-order valence-electron chi connectivity index (χ4n) is 2.28. The molecule has 1 unspecified atom stereocenters. The number of rotatable bonds is 5. The fraction of sp³-hybridized carbons (Fsp3) is 0.375. The number of hydrogen-bond donors (Lipinski definition) is 1. The number of benzene rings is 1. The van der Waals surface area contributed by atoms with Gasteiger partial charge in [0, 0.05) is 13.3 Å². The minimum atomic E-state index is 0.327. The van der Waals surface area contributed by atoms with Gasteiger partial charge < -0.3 is 5.32 Å². The number of thiophene rings is 1. The normalized spacial score (nSPS) is 12.6. The van der Waals surface area contributed by atoms with Gasteiger partial charge in [0.05, 0.1) is 6.04 Å². The van der Waals surface area contributed by atoms with Crippen LogP contribution in [0.25, 0.3) is 0 Å². The molecule has 2 rings (SSSR count). The molecule has 1 N–H and O–H groups in total. The first-order valence-corrected chi connectivity index (χ1v) is 8.57. The third kappa shape index (κ3) is 3.80. The maximum Gasteiger partial charge on any atom is 0.0674 e. The van der Waals surface area contributed by atoms with Crippen LogP contribution in [-0.4, -0.2) is 6.54 Å². The minimum Gasteiger partial charge on any atom is -0.306 e. The van der Waals surface area contributed by atoms with Gasteiger partial charge in [0.15, 0.2) is 0 Å². The van der Waals surface area contributed by atoms with Crippen molar-refractivity contribution in [1.82, 2.24) is 5.32 Å². The Balaban J connectivity index is 2.38. The summed E-state index contributed by atoms with van der Waals surface area (Å²) >= 11 is 4.29. The molecule has 0 saturated carbocycles. The van der Waals surface area contributed by atoms with Crippen LogP contribution in [0.2, 0.25) is 0 Å². The Bertz CT molecular complexity index is 547. The molecular formula is C16H20INS. The molecule has 1 aromatic heterocycles. The highest BCUT2D eigenvalue weighted by Crippen LogP contribution is 2.32. The minimum absolute atomic E-state index is 0.327. The molecule has 0 amide bonds. The molecule has 0 fully saturated rings. The molecule has 1 nitrogen and oxygen atoms in total. The summed E-state index contributed by atoms with van der Waals surface area (Å²) in [7, 11) is 0. The van der Waals surface area contributed by atoms with Crippen molar-refractivity contribution in [3.63, 3.8) is 0 Å². The molecule has 0 aliphatic carbocycles. The highest BCUT2D eigenvalue weighted by atomic mass is 127. The Morgan fingerprint density at radius 1 is 1.26 bits per heavy atom. The summed E-state index contributed by atoms with van der Waals surface area (Å²) in [6.07, 6.45) is 1.16. The molecule has 0 aliphatic heterocycles. The van der Waals surface area contributed by atoms with Crippen LogP contribution in [0.1, 0.15) is 40.3 Å². The second-order valence-corrected chi connectivity index (χ2v) is 7.38. The predicted octanol–water partition coefficient (Wildman–Crippen LogP) is 5.06. The predicted molar refractivity (Wildman–Crippen MR) is 93.1 cm³/mol. The lowest BCUT2D eigenvalue weighted by Crippen LogP contribution is -2.23. The van der Waals surface area contributed by atoms with Crippen molar-refractivity contribution in [1.29, 1.82) is 0 Å². The summed E-state index contributed by atoms with van der Waals surface area (Å²) in [6, 6.07) is 11.4. The number of hydrogen-bond acceptors (Lipinski definition) is 2. The van der Waals surface area contributed by atoms with Crippen LogP contribution in [0.4, 0.5) is 0 Å². The van der Waals surface area contributed by atoms with E-state index in [1.54, 1.807) is 0 Å². The van der Waals surface area contributed by atoms with Crippen molar-refractivity contribution in [2.24, 2.45) is 0 Å². The molecule has 1 heterocycles. The first-order chi connectivity index (χ1) is 9.11. The first-order valence-electron chi connectivity index (χ1n) is 6.67. The highest BCUT2D eigenvalue weighted by molar-refractivity contribution is 14.1. The van der Waals surface area contributed by atoms with E-state index in [9.17, 15) is 0 Å². The third-order valence-electron chi connectivity index (χ3n) is 3.12. The topological polar surface area (TPSA) is 12.0 Å². The van der Waals surface area contributed by atoms with E-state index in [2.05, 4.69) is 79.0 Å². The molecule has 0 radical (unpaired) electrons. The van der Waals surface area contributed by atoms with Gasteiger partial charge in [-0.3, -0.25) is 0 Å². The van der Waals surface area contributed by atoms with Crippen LogP contribution in [-0.2, 0) is 0 Å². The highest BCUT2D eigenvalue weighted by Gasteiger charge is 2.17. The molecule has 102 valence electrons. The standard InChI is InChI=1S/C16H20INS/c1-4-8-18-15(13-6-5-7-14(17)10-13)16-11(2)9-12(3)19-16/h5-7,9-10,15,18H,4,8H2,1-3H3. The summed E-state index contributed by atoms with van der Waals surface area (Å²) in [4.78, 5) is 2.84. The van der Waals surface area contributed by atoms with Crippen molar-refractivity contribution in [3.05, 3.63) is 54.8 Å². The van der Waals surface area contributed by atoms with Gasteiger partial charge in [0.1, 0.15) is 0 Å². The zero-order valence-electron chi connectivity index (χ0n) is 11.7. The molecule has 0 saturated heterocycles. The van der Waals surface area contributed by atoms with Crippen molar-refractivity contribution in [2.45, 2.75) is 33.2 Å². The second kappa shape index (κ2) is 6.86. The lowest BCUT2D eigenvalue weighted by Gasteiger charge is -2.19. The van der Waals surface area contributed by atoms with Crippen LogP contribution < -0.4 is 5.32 Å². The van der Waals surface area contributed by atoms with Crippen molar-refractivity contribution in [2.75, 3.05) is 6.54 Å². The van der Waals surface area contributed by atoms with E-state index >= 15 is 0 Å². The van der Waals surface area contributed by atoms with E-state index in [-0.39, 0.29) is 0 Å². The number of halogens is 1. The molecule has 2 aromatic rings. The third-order valence-corrected chi connectivity index (χ3v) is 5.01. The second-order valence-electron chi connectivity index (χ2n) is 4.85. The van der Waals surface area contributed by atoms with Gasteiger partial charge in [-0.1, -0.05) is 19.1 Å².